The molecule has 4 heterocycles. The van der Waals surface area contributed by atoms with E-state index in [4.69, 9.17) is 4.74 Å². The van der Waals surface area contributed by atoms with Crippen LogP contribution in [0, 0.1) is 12.7 Å². The molecule has 0 aliphatic carbocycles. The summed E-state index contributed by atoms with van der Waals surface area (Å²) in [6.07, 6.45) is 1.49. The van der Waals surface area contributed by atoms with Crippen molar-refractivity contribution in [2.45, 2.75) is 37.6 Å². The highest BCUT2D eigenvalue weighted by molar-refractivity contribution is 7.92. The number of fused-ring (bicyclic) bond motifs is 2. The first-order valence-corrected chi connectivity index (χ1v) is 12.9. The van der Waals surface area contributed by atoms with E-state index in [2.05, 4.69) is 20.4 Å². The Morgan fingerprint density at radius 1 is 1.31 bits per heavy atom. The van der Waals surface area contributed by atoms with Crippen LogP contribution >= 0.6 is 0 Å². The molecule has 1 amide bonds. The second kappa shape index (κ2) is 8.78. The number of aromatic nitrogens is 5. The first kappa shape index (κ1) is 24.1. The van der Waals surface area contributed by atoms with E-state index in [1.165, 1.54) is 29.2 Å². The molecule has 36 heavy (non-hydrogen) atoms. The molecule has 0 atom stereocenters. The number of halogens is 1. The Morgan fingerprint density at radius 2 is 2.06 bits per heavy atom. The second-order valence-corrected chi connectivity index (χ2v) is 11.1. The van der Waals surface area contributed by atoms with Gasteiger partial charge in [-0.15, -0.1) is 0 Å². The van der Waals surface area contributed by atoms with Gasteiger partial charge in [0.1, 0.15) is 28.5 Å². The van der Waals surface area contributed by atoms with Crippen molar-refractivity contribution in [3.05, 3.63) is 63.6 Å². The van der Waals surface area contributed by atoms with E-state index >= 15 is 0 Å². The molecule has 0 saturated carbocycles. The van der Waals surface area contributed by atoms with E-state index in [1.54, 1.807) is 6.92 Å². The van der Waals surface area contributed by atoms with Gasteiger partial charge in [0.2, 0.25) is 5.75 Å². The second-order valence-electron chi connectivity index (χ2n) is 8.69. The summed E-state index contributed by atoms with van der Waals surface area (Å²) in [5, 5.41) is 17.2. The van der Waals surface area contributed by atoms with Gasteiger partial charge in [0, 0.05) is 26.3 Å². The lowest BCUT2D eigenvalue weighted by Crippen LogP contribution is -2.52. The first-order valence-electron chi connectivity index (χ1n) is 11.2. The molecule has 1 aromatic carbocycles. The SMILES string of the molecule is Cc1ncnn1-c1cc(F)ccc1CNC(=O)c1nc2n(c(=O)c1O)CCS(=O)(=O)C21CCOCC1. The molecule has 14 heteroatoms. The van der Waals surface area contributed by atoms with Crippen LogP contribution in [0.15, 0.2) is 29.3 Å². The third-order valence-corrected chi connectivity index (χ3v) is 9.18. The highest BCUT2D eigenvalue weighted by Gasteiger charge is 2.52. The lowest BCUT2D eigenvalue weighted by Gasteiger charge is -2.40. The largest absolute Gasteiger partial charge is 0.501 e. The van der Waals surface area contributed by atoms with E-state index in [0.29, 0.717) is 17.1 Å². The Hall–Kier alpha value is -3.65. The molecule has 5 rings (SSSR count). The van der Waals surface area contributed by atoms with Crippen molar-refractivity contribution >= 4 is 15.7 Å². The van der Waals surface area contributed by atoms with Crippen LogP contribution in [0.5, 0.6) is 5.75 Å². The fourth-order valence-electron chi connectivity index (χ4n) is 4.72. The average Bonchev–Trinajstić information content (AvgIpc) is 3.29. The molecule has 190 valence electrons. The first-order chi connectivity index (χ1) is 17.1. The summed E-state index contributed by atoms with van der Waals surface area (Å²) < 4.78 is 46.5. The number of carbonyl (C=O) groups excluding carboxylic acids is 1. The molecular weight excluding hydrogens is 495 g/mol. The van der Waals surface area contributed by atoms with Crippen LogP contribution in [0.4, 0.5) is 4.39 Å². The van der Waals surface area contributed by atoms with Gasteiger partial charge in [0.05, 0.1) is 11.4 Å². The molecule has 1 saturated heterocycles. The zero-order valence-corrected chi connectivity index (χ0v) is 20.1. The van der Waals surface area contributed by atoms with Crippen LogP contribution in [0.3, 0.4) is 0 Å². The third-order valence-electron chi connectivity index (χ3n) is 6.68. The summed E-state index contributed by atoms with van der Waals surface area (Å²) in [6.45, 7) is 1.71. The van der Waals surface area contributed by atoms with Crippen LogP contribution in [0.2, 0.25) is 0 Å². The van der Waals surface area contributed by atoms with E-state index in [-0.39, 0.29) is 50.7 Å². The molecule has 1 fully saturated rings. The zero-order valence-electron chi connectivity index (χ0n) is 19.3. The van der Waals surface area contributed by atoms with Crippen molar-refractivity contribution in [3.8, 4) is 11.4 Å². The minimum atomic E-state index is -3.69. The van der Waals surface area contributed by atoms with E-state index in [1.807, 2.05) is 0 Å². The van der Waals surface area contributed by atoms with Gasteiger partial charge >= 0.3 is 0 Å². The maximum absolute atomic E-state index is 13.9. The number of nitrogens with one attached hydrogen (secondary N) is 1. The number of aromatic hydroxyl groups is 1. The highest BCUT2D eigenvalue weighted by atomic mass is 32.2. The molecular formula is C22H23FN6O6S. The van der Waals surface area contributed by atoms with Crippen molar-refractivity contribution < 1.29 is 27.4 Å². The number of benzene rings is 1. The predicted molar refractivity (Wildman–Crippen MR) is 123 cm³/mol. The number of rotatable bonds is 4. The van der Waals surface area contributed by atoms with Gasteiger partial charge in [-0.3, -0.25) is 14.2 Å². The van der Waals surface area contributed by atoms with Gasteiger partial charge in [-0.05, 0) is 37.5 Å². The molecule has 2 aromatic heterocycles. The topological polar surface area (TPSA) is 158 Å². The van der Waals surface area contributed by atoms with Crippen molar-refractivity contribution in [1.82, 2.24) is 29.6 Å². The quantitative estimate of drug-likeness (QED) is 0.497. The number of hydrogen-bond donors (Lipinski definition) is 2. The lowest BCUT2D eigenvalue weighted by molar-refractivity contribution is 0.0691. The third kappa shape index (κ3) is 3.76. The molecule has 2 aliphatic heterocycles. The number of nitrogens with zero attached hydrogens (tertiary/aromatic N) is 5. The van der Waals surface area contributed by atoms with Crippen molar-refractivity contribution in [2.75, 3.05) is 19.0 Å². The Kier molecular flexibility index (Phi) is 5.87. The fraction of sp³-hybridized carbons (Fsp3) is 0.409. The van der Waals surface area contributed by atoms with Gasteiger partial charge < -0.3 is 15.2 Å². The molecule has 1 spiro atoms. The van der Waals surface area contributed by atoms with Crippen LogP contribution in [-0.4, -0.2) is 62.7 Å². The number of hydrogen-bond acceptors (Lipinski definition) is 9. The summed E-state index contributed by atoms with van der Waals surface area (Å²) in [5.74, 6) is -2.11. The molecule has 2 aliphatic rings. The maximum atomic E-state index is 13.9. The number of amides is 1. The number of sulfone groups is 1. The molecule has 0 unspecified atom stereocenters. The smallest absolute Gasteiger partial charge is 0.296 e. The van der Waals surface area contributed by atoms with Crippen LogP contribution in [-0.2, 0) is 32.4 Å². The Balaban J connectivity index is 1.51. The minimum Gasteiger partial charge on any atom is -0.501 e. The monoisotopic (exact) mass is 518 g/mol. The summed E-state index contributed by atoms with van der Waals surface area (Å²) in [5.41, 5.74) is -0.627. The highest BCUT2D eigenvalue weighted by Crippen LogP contribution is 2.42. The summed E-state index contributed by atoms with van der Waals surface area (Å²) in [4.78, 5) is 34.3. The zero-order chi connectivity index (χ0) is 25.7. The average molecular weight is 519 g/mol. The minimum absolute atomic E-state index is 0.0642. The lowest BCUT2D eigenvalue weighted by atomic mass is 9.97. The number of aryl methyl sites for hydroxylation is 1. The van der Waals surface area contributed by atoms with Gasteiger partial charge in [-0.25, -0.2) is 27.5 Å². The number of carbonyl (C=O) groups is 1. The van der Waals surface area contributed by atoms with Crippen molar-refractivity contribution in [2.24, 2.45) is 0 Å². The van der Waals surface area contributed by atoms with Gasteiger partial charge in [-0.2, -0.15) is 5.10 Å². The van der Waals surface area contributed by atoms with Crippen molar-refractivity contribution in [1.29, 1.82) is 0 Å². The Morgan fingerprint density at radius 3 is 2.75 bits per heavy atom. The molecule has 2 N–H and O–H groups in total. The Bertz CT molecular complexity index is 1530. The summed E-state index contributed by atoms with van der Waals surface area (Å²) in [7, 11) is -3.69. The molecule has 3 aromatic rings. The van der Waals surface area contributed by atoms with Crippen molar-refractivity contribution in [3.63, 3.8) is 0 Å². The van der Waals surface area contributed by atoms with Gasteiger partial charge in [-0.1, -0.05) is 6.07 Å². The molecule has 12 nitrogen and oxygen atoms in total. The van der Waals surface area contributed by atoms with E-state index < -0.39 is 43.3 Å². The van der Waals surface area contributed by atoms with Crippen LogP contribution < -0.4 is 10.9 Å². The van der Waals surface area contributed by atoms with Gasteiger partial charge in [0.15, 0.2) is 15.5 Å². The van der Waals surface area contributed by atoms with Gasteiger partial charge in [0.25, 0.3) is 11.5 Å². The fourth-order valence-corrected chi connectivity index (χ4v) is 6.75. The standard InChI is InChI=1S/C22H23FN6O6S/c1-13-25-12-26-29(13)16-10-15(23)3-2-14(16)11-24-19(31)17-18(30)20(32)28-6-9-36(33,34)22(21(28)27-17)4-7-35-8-5-22/h2-3,10,12,30H,4-9,11H2,1H3,(H,24,31). The Labute approximate surface area is 204 Å². The van der Waals surface area contributed by atoms with E-state index in [9.17, 15) is 27.5 Å². The van der Waals surface area contributed by atoms with E-state index in [0.717, 1.165) is 4.57 Å². The van der Waals surface area contributed by atoms with Crippen LogP contribution in [0.25, 0.3) is 5.69 Å². The maximum Gasteiger partial charge on any atom is 0.296 e. The predicted octanol–water partition coefficient (Wildman–Crippen LogP) is 0.341. The summed E-state index contributed by atoms with van der Waals surface area (Å²) >= 11 is 0. The van der Waals surface area contributed by atoms with Crippen LogP contribution in [0.1, 0.15) is 40.5 Å². The molecule has 0 bridgehead atoms. The molecule has 0 radical (unpaired) electrons. The number of ether oxygens (including phenoxy) is 1. The summed E-state index contributed by atoms with van der Waals surface area (Å²) in [6, 6.07) is 3.92. The normalized spacial score (nSPS) is 18.1.